The van der Waals surface area contributed by atoms with Gasteiger partial charge in [-0.25, -0.2) is 0 Å². The van der Waals surface area contributed by atoms with Crippen LogP contribution in [0.4, 0.5) is 0 Å². The highest BCUT2D eigenvalue weighted by molar-refractivity contribution is 6.30. The Morgan fingerprint density at radius 1 is 1.28 bits per heavy atom. The van der Waals surface area contributed by atoms with E-state index in [1.807, 2.05) is 12.1 Å². The fraction of sp³-hybridized carbons (Fsp3) is 0.571. The van der Waals surface area contributed by atoms with E-state index in [-0.39, 0.29) is 12.4 Å². The van der Waals surface area contributed by atoms with E-state index in [1.165, 1.54) is 18.4 Å². The van der Waals surface area contributed by atoms with Crippen LogP contribution in [-0.2, 0) is 6.54 Å². The van der Waals surface area contributed by atoms with E-state index < -0.39 is 0 Å². The summed E-state index contributed by atoms with van der Waals surface area (Å²) < 4.78 is 0. The average Bonchev–Trinajstić information content (AvgIpc) is 2.33. The predicted molar refractivity (Wildman–Crippen MR) is 80.4 cm³/mol. The number of hydrogen-bond donors (Lipinski definition) is 1. The summed E-state index contributed by atoms with van der Waals surface area (Å²) in [7, 11) is 0. The number of nitrogens with two attached hydrogens (primary N) is 1. The molecule has 2 nitrogen and oxygen atoms in total. The average molecular weight is 289 g/mol. The molecular formula is C14H22Cl2N2. The van der Waals surface area contributed by atoms with E-state index in [0.29, 0.717) is 12.0 Å². The van der Waals surface area contributed by atoms with Gasteiger partial charge in [-0.2, -0.15) is 0 Å². The third kappa shape index (κ3) is 4.43. The first-order valence-electron chi connectivity index (χ1n) is 6.37. The molecule has 4 heteroatoms. The molecule has 1 aromatic carbocycles. The molecule has 1 aliphatic heterocycles. The number of piperidine rings is 1. The van der Waals surface area contributed by atoms with Crippen LogP contribution in [0.1, 0.15) is 25.3 Å². The molecule has 1 aliphatic rings. The monoisotopic (exact) mass is 288 g/mol. The van der Waals surface area contributed by atoms with Gasteiger partial charge in [-0.15, -0.1) is 12.4 Å². The van der Waals surface area contributed by atoms with E-state index >= 15 is 0 Å². The van der Waals surface area contributed by atoms with Gasteiger partial charge in [0.25, 0.3) is 0 Å². The zero-order valence-corrected chi connectivity index (χ0v) is 12.4. The third-order valence-electron chi connectivity index (χ3n) is 3.70. The van der Waals surface area contributed by atoms with Crippen LogP contribution in [0.3, 0.4) is 0 Å². The van der Waals surface area contributed by atoms with Crippen molar-refractivity contribution in [1.29, 1.82) is 0 Å². The molecular weight excluding hydrogens is 267 g/mol. The fourth-order valence-electron chi connectivity index (χ4n) is 2.48. The van der Waals surface area contributed by atoms with Crippen LogP contribution >= 0.6 is 24.0 Å². The van der Waals surface area contributed by atoms with Crippen LogP contribution in [0.15, 0.2) is 24.3 Å². The number of rotatable bonds is 3. The molecule has 1 unspecified atom stereocenters. The van der Waals surface area contributed by atoms with Gasteiger partial charge in [-0.3, -0.25) is 4.90 Å². The Hall–Kier alpha value is -0.280. The van der Waals surface area contributed by atoms with Crippen molar-refractivity contribution in [3.05, 3.63) is 34.9 Å². The second-order valence-corrected chi connectivity index (χ2v) is 5.54. The highest BCUT2D eigenvalue weighted by atomic mass is 35.5. The topological polar surface area (TPSA) is 29.3 Å². The lowest BCUT2D eigenvalue weighted by Crippen LogP contribution is -2.39. The molecule has 0 aromatic heterocycles. The van der Waals surface area contributed by atoms with Gasteiger partial charge < -0.3 is 5.73 Å². The Morgan fingerprint density at radius 3 is 2.33 bits per heavy atom. The lowest BCUT2D eigenvalue weighted by Gasteiger charge is -2.33. The maximum Gasteiger partial charge on any atom is 0.0406 e. The molecule has 0 amide bonds. The standard InChI is InChI=1S/C14H21ClN2.ClH/c1-11(16)13-6-8-17(9-7-13)10-12-2-4-14(15)5-3-12;/h2-5,11,13H,6-10,16H2,1H3;1H. The highest BCUT2D eigenvalue weighted by Gasteiger charge is 2.21. The van der Waals surface area contributed by atoms with Crippen molar-refractivity contribution in [2.75, 3.05) is 13.1 Å². The van der Waals surface area contributed by atoms with Gasteiger partial charge >= 0.3 is 0 Å². The van der Waals surface area contributed by atoms with Crippen LogP contribution < -0.4 is 5.73 Å². The van der Waals surface area contributed by atoms with Crippen molar-refractivity contribution in [3.8, 4) is 0 Å². The van der Waals surface area contributed by atoms with Crippen molar-refractivity contribution in [2.45, 2.75) is 32.4 Å². The Labute approximate surface area is 121 Å². The maximum atomic E-state index is 5.95. The summed E-state index contributed by atoms with van der Waals surface area (Å²) in [6.07, 6.45) is 2.45. The zero-order chi connectivity index (χ0) is 12.3. The van der Waals surface area contributed by atoms with Crippen molar-refractivity contribution < 1.29 is 0 Å². The van der Waals surface area contributed by atoms with Crippen molar-refractivity contribution in [3.63, 3.8) is 0 Å². The van der Waals surface area contributed by atoms with Gasteiger partial charge in [0.05, 0.1) is 0 Å². The van der Waals surface area contributed by atoms with Gasteiger partial charge in [0.15, 0.2) is 0 Å². The summed E-state index contributed by atoms with van der Waals surface area (Å²) in [6, 6.07) is 8.49. The molecule has 1 fully saturated rings. The van der Waals surface area contributed by atoms with Crippen LogP contribution in [-0.4, -0.2) is 24.0 Å². The molecule has 0 saturated carbocycles. The normalized spacial score (nSPS) is 19.3. The lowest BCUT2D eigenvalue weighted by atomic mass is 9.91. The molecule has 18 heavy (non-hydrogen) atoms. The second kappa shape index (κ2) is 7.34. The van der Waals surface area contributed by atoms with Gasteiger partial charge in [-0.1, -0.05) is 23.7 Å². The maximum absolute atomic E-state index is 5.95. The van der Waals surface area contributed by atoms with Gasteiger partial charge in [0.1, 0.15) is 0 Å². The molecule has 1 saturated heterocycles. The van der Waals surface area contributed by atoms with Crippen LogP contribution in [0.2, 0.25) is 5.02 Å². The smallest absolute Gasteiger partial charge is 0.0406 e. The number of halogens is 2. The van der Waals surface area contributed by atoms with Gasteiger partial charge in [0, 0.05) is 17.6 Å². The first-order chi connectivity index (χ1) is 8.15. The molecule has 102 valence electrons. The summed E-state index contributed by atoms with van der Waals surface area (Å²) in [5, 5.41) is 0.810. The van der Waals surface area contributed by atoms with Crippen molar-refractivity contribution >= 4 is 24.0 Å². The van der Waals surface area contributed by atoms with Crippen molar-refractivity contribution in [1.82, 2.24) is 4.90 Å². The molecule has 2 rings (SSSR count). The molecule has 0 radical (unpaired) electrons. The van der Waals surface area contributed by atoms with E-state index in [2.05, 4.69) is 24.0 Å². The largest absolute Gasteiger partial charge is 0.328 e. The first kappa shape index (κ1) is 15.8. The van der Waals surface area contributed by atoms with E-state index in [1.54, 1.807) is 0 Å². The number of likely N-dealkylation sites (tertiary alicyclic amines) is 1. The lowest BCUT2D eigenvalue weighted by molar-refractivity contribution is 0.166. The Morgan fingerprint density at radius 2 is 1.83 bits per heavy atom. The zero-order valence-electron chi connectivity index (χ0n) is 10.8. The first-order valence-corrected chi connectivity index (χ1v) is 6.75. The van der Waals surface area contributed by atoms with E-state index in [0.717, 1.165) is 24.7 Å². The van der Waals surface area contributed by atoms with Gasteiger partial charge in [-0.05, 0) is 56.5 Å². The summed E-state index contributed by atoms with van der Waals surface area (Å²) in [5.74, 6) is 0.705. The van der Waals surface area contributed by atoms with Gasteiger partial charge in [0.2, 0.25) is 0 Å². The summed E-state index contributed by atoms with van der Waals surface area (Å²) in [6.45, 7) is 5.48. The molecule has 1 heterocycles. The summed E-state index contributed by atoms with van der Waals surface area (Å²) >= 11 is 5.88. The van der Waals surface area contributed by atoms with Crippen LogP contribution in [0, 0.1) is 5.92 Å². The molecule has 1 aromatic rings. The van der Waals surface area contributed by atoms with E-state index in [9.17, 15) is 0 Å². The Bertz CT molecular complexity index is 343. The molecule has 1 atom stereocenters. The summed E-state index contributed by atoms with van der Waals surface area (Å²) in [4.78, 5) is 2.50. The second-order valence-electron chi connectivity index (χ2n) is 5.10. The highest BCUT2D eigenvalue weighted by Crippen LogP contribution is 2.21. The van der Waals surface area contributed by atoms with Crippen LogP contribution in [0.25, 0.3) is 0 Å². The molecule has 0 aliphatic carbocycles. The minimum absolute atomic E-state index is 0. The van der Waals surface area contributed by atoms with Crippen molar-refractivity contribution in [2.24, 2.45) is 11.7 Å². The molecule has 2 N–H and O–H groups in total. The predicted octanol–water partition coefficient (Wildman–Crippen LogP) is 3.32. The Balaban J connectivity index is 0.00000162. The van der Waals surface area contributed by atoms with E-state index in [4.69, 9.17) is 17.3 Å². The SMILES string of the molecule is CC(N)C1CCN(Cc2ccc(Cl)cc2)CC1.Cl. The molecule has 0 bridgehead atoms. The minimum atomic E-state index is 0. The fourth-order valence-corrected chi connectivity index (χ4v) is 2.61. The minimum Gasteiger partial charge on any atom is -0.328 e. The third-order valence-corrected chi connectivity index (χ3v) is 3.95. The number of nitrogens with zero attached hydrogens (tertiary/aromatic N) is 1. The molecule has 0 spiro atoms. The quantitative estimate of drug-likeness (QED) is 0.925. The Kier molecular flexibility index (Phi) is 6.44. The number of benzene rings is 1. The number of hydrogen-bond acceptors (Lipinski definition) is 2. The summed E-state index contributed by atoms with van der Waals surface area (Å²) in [5.41, 5.74) is 7.29. The van der Waals surface area contributed by atoms with Crippen LogP contribution in [0.5, 0.6) is 0 Å².